The first-order chi connectivity index (χ1) is 8.69. The second-order valence-electron chi connectivity index (χ2n) is 4.40. The van der Waals surface area contributed by atoms with Crippen LogP contribution >= 0.6 is 0 Å². The van der Waals surface area contributed by atoms with Crippen LogP contribution in [0.5, 0.6) is 0 Å². The van der Waals surface area contributed by atoms with Crippen LogP contribution in [0.15, 0.2) is 30.6 Å². The molecule has 0 saturated carbocycles. The van der Waals surface area contributed by atoms with E-state index >= 15 is 0 Å². The summed E-state index contributed by atoms with van der Waals surface area (Å²) >= 11 is 0. The first-order valence-corrected chi connectivity index (χ1v) is 5.78. The van der Waals surface area contributed by atoms with Crippen LogP contribution in [0.25, 0.3) is 16.8 Å². The smallest absolute Gasteiger partial charge is 0.152 e. The third-order valence-electron chi connectivity index (χ3n) is 3.07. The van der Waals surface area contributed by atoms with E-state index in [0.29, 0.717) is 5.56 Å². The summed E-state index contributed by atoms with van der Waals surface area (Å²) in [6.45, 7) is 3.93. The van der Waals surface area contributed by atoms with Crippen LogP contribution in [-0.4, -0.2) is 20.7 Å². The molecule has 18 heavy (non-hydrogen) atoms. The Morgan fingerprint density at radius 1 is 1.39 bits per heavy atom. The summed E-state index contributed by atoms with van der Waals surface area (Å²) in [6, 6.07) is 5.67. The summed E-state index contributed by atoms with van der Waals surface area (Å²) in [5.41, 5.74) is 4.59. The molecule has 0 aliphatic heterocycles. The number of pyridine rings is 1. The predicted octanol–water partition coefficient (Wildman–Crippen LogP) is 2.76. The second-order valence-corrected chi connectivity index (χ2v) is 4.40. The molecule has 0 fully saturated rings. The van der Waals surface area contributed by atoms with Gasteiger partial charge in [-0.05, 0) is 32.0 Å². The number of aldehydes is 1. The molecule has 3 aromatic heterocycles. The first-order valence-electron chi connectivity index (χ1n) is 5.78. The Kier molecular flexibility index (Phi) is 2.30. The van der Waals surface area contributed by atoms with E-state index in [4.69, 9.17) is 0 Å². The van der Waals surface area contributed by atoms with Crippen LogP contribution in [0.1, 0.15) is 21.9 Å². The maximum atomic E-state index is 11.0. The van der Waals surface area contributed by atoms with E-state index in [1.54, 1.807) is 0 Å². The molecule has 0 aliphatic rings. The van der Waals surface area contributed by atoms with Crippen LogP contribution in [0.2, 0.25) is 0 Å². The zero-order valence-corrected chi connectivity index (χ0v) is 10.3. The molecule has 0 unspecified atom stereocenters. The highest BCUT2D eigenvalue weighted by Crippen LogP contribution is 2.25. The van der Waals surface area contributed by atoms with Crippen molar-refractivity contribution in [1.29, 1.82) is 0 Å². The third-order valence-corrected chi connectivity index (χ3v) is 3.07. The number of carbonyl (C=O) groups excluding carboxylic acids is 1. The van der Waals surface area contributed by atoms with E-state index in [1.165, 1.54) is 0 Å². The monoisotopic (exact) mass is 239 g/mol. The van der Waals surface area contributed by atoms with Gasteiger partial charge in [0.15, 0.2) is 6.29 Å². The molecule has 4 nitrogen and oxygen atoms in total. The van der Waals surface area contributed by atoms with Crippen molar-refractivity contribution in [3.63, 3.8) is 0 Å². The van der Waals surface area contributed by atoms with Crippen LogP contribution in [-0.2, 0) is 0 Å². The lowest BCUT2D eigenvalue weighted by atomic mass is 10.2. The molecule has 0 spiro atoms. The topological polar surface area (TPSA) is 50.2 Å². The Hall–Kier alpha value is -2.36. The van der Waals surface area contributed by atoms with E-state index in [1.807, 2.05) is 48.8 Å². The lowest BCUT2D eigenvalue weighted by Gasteiger charge is -1.94. The van der Waals surface area contributed by atoms with E-state index in [2.05, 4.69) is 9.97 Å². The molecule has 4 heteroatoms. The highest BCUT2D eigenvalue weighted by Gasteiger charge is 2.10. The molecule has 90 valence electrons. The van der Waals surface area contributed by atoms with Gasteiger partial charge in [0.05, 0.1) is 11.2 Å². The van der Waals surface area contributed by atoms with Crippen LogP contribution in [0, 0.1) is 13.8 Å². The van der Waals surface area contributed by atoms with E-state index in [9.17, 15) is 4.79 Å². The number of aryl methyl sites for hydroxylation is 2. The summed E-state index contributed by atoms with van der Waals surface area (Å²) in [7, 11) is 0. The quantitative estimate of drug-likeness (QED) is 0.699. The van der Waals surface area contributed by atoms with Crippen molar-refractivity contribution in [2.24, 2.45) is 0 Å². The number of carbonyl (C=O) groups is 1. The number of hydrogen-bond acceptors (Lipinski definition) is 2. The number of nitrogens with zero attached hydrogens (tertiary/aromatic N) is 2. The lowest BCUT2D eigenvalue weighted by molar-refractivity contribution is 0.112. The highest BCUT2D eigenvalue weighted by atomic mass is 16.1. The van der Waals surface area contributed by atoms with Crippen LogP contribution in [0.4, 0.5) is 0 Å². The van der Waals surface area contributed by atoms with Gasteiger partial charge < -0.3 is 9.38 Å². The van der Waals surface area contributed by atoms with Crippen molar-refractivity contribution in [3.05, 3.63) is 47.7 Å². The molecule has 0 bridgehead atoms. The zero-order chi connectivity index (χ0) is 12.7. The molecule has 1 N–H and O–H groups in total. The van der Waals surface area contributed by atoms with E-state index in [-0.39, 0.29) is 0 Å². The van der Waals surface area contributed by atoms with Gasteiger partial charge in [-0.15, -0.1) is 0 Å². The van der Waals surface area contributed by atoms with Crippen LogP contribution < -0.4 is 0 Å². The van der Waals surface area contributed by atoms with Gasteiger partial charge >= 0.3 is 0 Å². The third kappa shape index (κ3) is 1.54. The van der Waals surface area contributed by atoms with Crippen LogP contribution in [0.3, 0.4) is 0 Å². The van der Waals surface area contributed by atoms with Crippen molar-refractivity contribution in [2.75, 3.05) is 0 Å². The second kappa shape index (κ2) is 3.84. The van der Waals surface area contributed by atoms with Gasteiger partial charge in [-0.25, -0.2) is 4.98 Å². The zero-order valence-electron chi connectivity index (χ0n) is 10.3. The first kappa shape index (κ1) is 10.8. The van der Waals surface area contributed by atoms with E-state index < -0.39 is 0 Å². The molecule has 0 amide bonds. The summed E-state index contributed by atoms with van der Waals surface area (Å²) < 4.78 is 1.95. The Labute approximate surface area is 104 Å². The number of rotatable bonds is 2. The van der Waals surface area contributed by atoms with Crippen molar-refractivity contribution >= 4 is 11.8 Å². The van der Waals surface area contributed by atoms with Crippen molar-refractivity contribution in [2.45, 2.75) is 13.8 Å². The average molecular weight is 239 g/mol. The molecule has 0 aromatic carbocycles. The molecule has 0 saturated heterocycles. The summed E-state index contributed by atoms with van der Waals surface area (Å²) in [5.74, 6) is 0.897. The SMILES string of the molecule is Cc1nc(-c2cc3c(C=O)cccn3c2)c(C)[nH]1. The van der Waals surface area contributed by atoms with Gasteiger partial charge in [0.25, 0.3) is 0 Å². The minimum absolute atomic E-state index is 0.689. The number of aromatic amines is 1. The Balaban J connectivity index is 2.25. The molecular weight excluding hydrogens is 226 g/mol. The number of nitrogens with one attached hydrogen (secondary N) is 1. The minimum atomic E-state index is 0.689. The molecule has 0 atom stereocenters. The van der Waals surface area contributed by atoms with Gasteiger partial charge in [-0.3, -0.25) is 4.79 Å². The molecular formula is C14H13N3O. The molecule has 3 aromatic rings. The largest absolute Gasteiger partial charge is 0.346 e. The van der Waals surface area contributed by atoms with Gasteiger partial charge in [0.1, 0.15) is 5.82 Å². The number of H-pyrrole nitrogens is 1. The van der Waals surface area contributed by atoms with E-state index in [0.717, 1.165) is 34.6 Å². The fraction of sp³-hybridized carbons (Fsp3) is 0.143. The van der Waals surface area contributed by atoms with Crippen molar-refractivity contribution in [1.82, 2.24) is 14.4 Å². The maximum absolute atomic E-state index is 11.0. The Morgan fingerprint density at radius 3 is 2.89 bits per heavy atom. The molecule has 0 radical (unpaired) electrons. The molecule has 3 heterocycles. The Morgan fingerprint density at radius 2 is 2.22 bits per heavy atom. The average Bonchev–Trinajstić information content (AvgIpc) is 2.91. The Bertz CT molecular complexity index is 737. The fourth-order valence-corrected chi connectivity index (χ4v) is 2.28. The van der Waals surface area contributed by atoms with Crippen molar-refractivity contribution < 1.29 is 4.79 Å². The predicted molar refractivity (Wildman–Crippen MR) is 69.8 cm³/mol. The number of fused-ring (bicyclic) bond motifs is 1. The van der Waals surface area contributed by atoms with Gasteiger partial charge in [0, 0.05) is 29.2 Å². The summed E-state index contributed by atoms with van der Waals surface area (Å²) in [6.07, 6.45) is 4.80. The van der Waals surface area contributed by atoms with Gasteiger partial charge in [-0.2, -0.15) is 0 Å². The summed E-state index contributed by atoms with van der Waals surface area (Å²) in [5, 5.41) is 0. The minimum Gasteiger partial charge on any atom is -0.346 e. The van der Waals surface area contributed by atoms with Gasteiger partial charge in [-0.1, -0.05) is 0 Å². The fourth-order valence-electron chi connectivity index (χ4n) is 2.28. The number of imidazole rings is 1. The maximum Gasteiger partial charge on any atom is 0.152 e. The van der Waals surface area contributed by atoms with Gasteiger partial charge in [0.2, 0.25) is 0 Å². The number of hydrogen-bond donors (Lipinski definition) is 1. The molecule has 3 rings (SSSR count). The van der Waals surface area contributed by atoms with Crippen molar-refractivity contribution in [3.8, 4) is 11.3 Å². The summed E-state index contributed by atoms with van der Waals surface area (Å²) in [4.78, 5) is 18.7. The highest BCUT2D eigenvalue weighted by molar-refractivity contribution is 5.88. The standard InChI is InChI=1S/C14H13N3O/c1-9-14(16-10(2)15-9)12-6-13-11(8-18)4-3-5-17(13)7-12/h3-8H,1-2H3,(H,15,16). The molecule has 0 aliphatic carbocycles. The normalized spacial score (nSPS) is 11.0. The lowest BCUT2D eigenvalue weighted by Crippen LogP contribution is -1.86. The number of aromatic nitrogens is 3.